The van der Waals surface area contributed by atoms with Crippen LogP contribution in [0.3, 0.4) is 0 Å². The Bertz CT molecular complexity index is 1100. The van der Waals surface area contributed by atoms with Crippen LogP contribution in [0.15, 0.2) is 29.1 Å². The average molecular weight is 389 g/mol. The number of alkyl halides is 3. The molecule has 0 saturated carbocycles. The molecule has 0 aliphatic carbocycles. The van der Waals surface area contributed by atoms with Gasteiger partial charge in [0.15, 0.2) is 0 Å². The highest BCUT2D eigenvalue weighted by Gasteiger charge is 2.32. The van der Waals surface area contributed by atoms with Gasteiger partial charge in [-0.3, -0.25) is 4.79 Å². The standard InChI is InChI=1S/C19H18F3N5O/c1-10-8-12(19(20,21)22)6-7-13(10)15-4-3-5-16-18(25-26-27(15)16)14-9-17(28)24-11(2)23-14/h6-9,15H,3-5H2,1-2H3,(H,23,24,28). The van der Waals surface area contributed by atoms with Crippen molar-refractivity contribution in [2.75, 3.05) is 0 Å². The second kappa shape index (κ2) is 6.57. The molecule has 0 fully saturated rings. The predicted octanol–water partition coefficient (Wildman–Crippen LogP) is 3.59. The van der Waals surface area contributed by atoms with E-state index in [1.807, 2.05) is 0 Å². The summed E-state index contributed by atoms with van der Waals surface area (Å²) < 4.78 is 40.7. The Hall–Kier alpha value is -2.97. The summed E-state index contributed by atoms with van der Waals surface area (Å²) >= 11 is 0. The maximum Gasteiger partial charge on any atom is 0.416 e. The zero-order valence-corrected chi connectivity index (χ0v) is 15.3. The molecule has 6 nitrogen and oxygen atoms in total. The minimum Gasteiger partial charge on any atom is -0.311 e. The number of rotatable bonds is 2. The molecule has 1 unspecified atom stereocenters. The van der Waals surface area contributed by atoms with Crippen LogP contribution in [0.5, 0.6) is 0 Å². The third kappa shape index (κ3) is 3.21. The molecule has 2 aromatic heterocycles. The van der Waals surface area contributed by atoms with Crippen LogP contribution in [0.4, 0.5) is 13.2 Å². The lowest BCUT2D eigenvalue weighted by Crippen LogP contribution is -2.21. The molecular formula is C19H18F3N5O. The summed E-state index contributed by atoms with van der Waals surface area (Å²) in [5.41, 5.74) is 2.27. The number of hydrogen-bond donors (Lipinski definition) is 1. The number of fused-ring (bicyclic) bond motifs is 1. The molecule has 3 aromatic rings. The smallest absolute Gasteiger partial charge is 0.311 e. The summed E-state index contributed by atoms with van der Waals surface area (Å²) in [7, 11) is 0. The first kappa shape index (κ1) is 18.4. The number of hydrogen-bond acceptors (Lipinski definition) is 4. The fourth-order valence-corrected chi connectivity index (χ4v) is 3.79. The van der Waals surface area contributed by atoms with Gasteiger partial charge >= 0.3 is 6.18 Å². The average Bonchev–Trinajstić information content (AvgIpc) is 3.04. The van der Waals surface area contributed by atoms with Gasteiger partial charge in [0.25, 0.3) is 5.56 Å². The zero-order chi connectivity index (χ0) is 20.1. The van der Waals surface area contributed by atoms with E-state index in [1.54, 1.807) is 18.5 Å². The number of nitrogens with one attached hydrogen (secondary N) is 1. The van der Waals surface area contributed by atoms with E-state index in [2.05, 4.69) is 20.3 Å². The molecule has 0 amide bonds. The van der Waals surface area contributed by atoms with Crippen molar-refractivity contribution in [3.63, 3.8) is 0 Å². The normalized spacial score (nSPS) is 16.8. The van der Waals surface area contributed by atoms with E-state index < -0.39 is 11.7 Å². The minimum absolute atomic E-state index is 0.199. The Labute approximate surface area is 158 Å². The Morgan fingerprint density at radius 2 is 2.00 bits per heavy atom. The fraction of sp³-hybridized carbons (Fsp3) is 0.368. The Balaban J connectivity index is 1.77. The molecule has 0 radical (unpaired) electrons. The third-order valence-corrected chi connectivity index (χ3v) is 5.04. The summed E-state index contributed by atoms with van der Waals surface area (Å²) in [6.07, 6.45) is -2.06. The molecule has 0 saturated heterocycles. The van der Waals surface area contributed by atoms with E-state index in [-0.39, 0.29) is 11.6 Å². The molecule has 1 aliphatic rings. The molecule has 1 aromatic carbocycles. The summed E-state index contributed by atoms with van der Waals surface area (Å²) in [5, 5.41) is 8.48. The molecule has 1 atom stereocenters. The van der Waals surface area contributed by atoms with Crippen molar-refractivity contribution in [2.45, 2.75) is 45.3 Å². The molecular weight excluding hydrogens is 371 g/mol. The first-order valence-electron chi connectivity index (χ1n) is 8.94. The van der Waals surface area contributed by atoms with Gasteiger partial charge in [-0.15, -0.1) is 5.10 Å². The summed E-state index contributed by atoms with van der Waals surface area (Å²) in [6, 6.07) is 4.98. The van der Waals surface area contributed by atoms with Gasteiger partial charge in [0, 0.05) is 6.07 Å². The number of halogens is 3. The van der Waals surface area contributed by atoms with E-state index in [0.29, 0.717) is 29.2 Å². The quantitative estimate of drug-likeness (QED) is 0.727. The number of nitrogens with zero attached hydrogens (tertiary/aromatic N) is 4. The highest BCUT2D eigenvalue weighted by atomic mass is 19.4. The first-order valence-corrected chi connectivity index (χ1v) is 8.94. The molecule has 9 heteroatoms. The number of aryl methyl sites for hydroxylation is 2. The number of benzene rings is 1. The van der Waals surface area contributed by atoms with E-state index in [9.17, 15) is 18.0 Å². The topological polar surface area (TPSA) is 76.5 Å². The van der Waals surface area contributed by atoms with Crippen molar-refractivity contribution in [1.29, 1.82) is 0 Å². The Morgan fingerprint density at radius 3 is 2.68 bits per heavy atom. The molecule has 1 N–H and O–H groups in total. The van der Waals surface area contributed by atoms with Crippen LogP contribution in [-0.2, 0) is 12.6 Å². The SMILES string of the molecule is Cc1nc(-c2nnn3c2CCCC3c2ccc(C(F)(F)F)cc2C)cc(=O)[nH]1. The second-order valence-corrected chi connectivity index (χ2v) is 7.02. The molecule has 146 valence electrons. The van der Waals surface area contributed by atoms with Crippen molar-refractivity contribution in [1.82, 2.24) is 25.0 Å². The number of aromatic amines is 1. The molecule has 4 rings (SSSR count). The van der Waals surface area contributed by atoms with Crippen LogP contribution >= 0.6 is 0 Å². The largest absolute Gasteiger partial charge is 0.416 e. The highest BCUT2D eigenvalue weighted by molar-refractivity contribution is 5.56. The van der Waals surface area contributed by atoms with E-state index >= 15 is 0 Å². The fourth-order valence-electron chi connectivity index (χ4n) is 3.79. The Kier molecular flexibility index (Phi) is 4.32. The molecule has 1 aliphatic heterocycles. The van der Waals surface area contributed by atoms with Crippen LogP contribution in [0, 0.1) is 13.8 Å². The molecule has 28 heavy (non-hydrogen) atoms. The van der Waals surface area contributed by atoms with Gasteiger partial charge < -0.3 is 4.98 Å². The van der Waals surface area contributed by atoms with Gasteiger partial charge in [0.2, 0.25) is 0 Å². The number of aromatic nitrogens is 5. The first-order chi connectivity index (χ1) is 13.2. The highest BCUT2D eigenvalue weighted by Crippen LogP contribution is 2.37. The lowest BCUT2D eigenvalue weighted by Gasteiger charge is -2.26. The summed E-state index contributed by atoms with van der Waals surface area (Å²) in [6.45, 7) is 3.37. The summed E-state index contributed by atoms with van der Waals surface area (Å²) in [5.74, 6) is 0.482. The van der Waals surface area contributed by atoms with Crippen molar-refractivity contribution >= 4 is 0 Å². The maximum absolute atomic E-state index is 13.0. The lowest BCUT2D eigenvalue weighted by atomic mass is 9.91. The van der Waals surface area contributed by atoms with Gasteiger partial charge in [-0.25, -0.2) is 9.67 Å². The van der Waals surface area contributed by atoms with Gasteiger partial charge in [0.05, 0.1) is 17.3 Å². The third-order valence-electron chi connectivity index (χ3n) is 5.04. The second-order valence-electron chi connectivity index (χ2n) is 7.02. The van der Waals surface area contributed by atoms with Crippen LogP contribution in [0.25, 0.3) is 11.4 Å². The van der Waals surface area contributed by atoms with Crippen molar-refractivity contribution < 1.29 is 13.2 Å². The Morgan fingerprint density at radius 1 is 1.21 bits per heavy atom. The lowest BCUT2D eigenvalue weighted by molar-refractivity contribution is -0.137. The minimum atomic E-state index is -4.37. The van der Waals surface area contributed by atoms with Crippen LogP contribution in [0.1, 0.15) is 47.1 Å². The molecule has 0 spiro atoms. The zero-order valence-electron chi connectivity index (χ0n) is 15.3. The van der Waals surface area contributed by atoms with Gasteiger partial charge in [-0.05, 0) is 56.4 Å². The van der Waals surface area contributed by atoms with Crippen LogP contribution in [0.2, 0.25) is 0 Å². The monoisotopic (exact) mass is 389 g/mol. The van der Waals surface area contributed by atoms with Crippen molar-refractivity contribution in [3.05, 3.63) is 62.8 Å². The van der Waals surface area contributed by atoms with E-state index in [0.717, 1.165) is 30.2 Å². The van der Waals surface area contributed by atoms with Gasteiger partial charge in [0.1, 0.15) is 17.2 Å². The predicted molar refractivity (Wildman–Crippen MR) is 95.9 cm³/mol. The van der Waals surface area contributed by atoms with Crippen LogP contribution in [-0.4, -0.2) is 25.0 Å². The number of H-pyrrole nitrogens is 1. The van der Waals surface area contributed by atoms with E-state index in [4.69, 9.17) is 0 Å². The molecule has 3 heterocycles. The van der Waals surface area contributed by atoms with Crippen molar-refractivity contribution in [2.24, 2.45) is 0 Å². The molecule has 0 bridgehead atoms. The maximum atomic E-state index is 13.0. The van der Waals surface area contributed by atoms with Crippen molar-refractivity contribution in [3.8, 4) is 11.4 Å². The van der Waals surface area contributed by atoms with E-state index in [1.165, 1.54) is 18.2 Å². The van der Waals surface area contributed by atoms with Crippen LogP contribution < -0.4 is 5.56 Å². The summed E-state index contributed by atoms with van der Waals surface area (Å²) in [4.78, 5) is 18.7. The van der Waals surface area contributed by atoms with Gasteiger partial charge in [-0.2, -0.15) is 13.2 Å². The van der Waals surface area contributed by atoms with Gasteiger partial charge in [-0.1, -0.05) is 11.3 Å².